The number of nitrogens with zero attached hydrogens (tertiary/aromatic N) is 1. The van der Waals surface area contributed by atoms with Gasteiger partial charge in [0.2, 0.25) is 0 Å². The number of nitrogens with one attached hydrogen (secondary N) is 1. The maximum atomic E-state index is 13.0. The molecule has 1 N–H and O–H groups in total. The molecule has 0 saturated heterocycles. The maximum Gasteiger partial charge on any atom is 0.257 e. The van der Waals surface area contributed by atoms with Gasteiger partial charge >= 0.3 is 0 Å². The number of halogens is 3. The fourth-order valence-corrected chi connectivity index (χ4v) is 2.11. The van der Waals surface area contributed by atoms with E-state index in [0.29, 0.717) is 21.8 Å². The van der Waals surface area contributed by atoms with Crippen LogP contribution in [0.4, 0.5) is 10.2 Å². The Kier molecular flexibility index (Phi) is 4.26. The monoisotopic (exact) mass is 312 g/mol. The summed E-state index contributed by atoms with van der Waals surface area (Å²) in [6.07, 6.45) is 0. The van der Waals surface area contributed by atoms with Gasteiger partial charge in [-0.2, -0.15) is 0 Å². The van der Waals surface area contributed by atoms with Gasteiger partial charge in [0.25, 0.3) is 5.91 Å². The molecule has 0 fully saturated rings. The number of aromatic nitrogens is 1. The first kappa shape index (κ1) is 14.8. The van der Waals surface area contributed by atoms with Crippen LogP contribution in [0.5, 0.6) is 0 Å². The summed E-state index contributed by atoms with van der Waals surface area (Å²) in [6, 6.07) is 5.44. The number of pyridine rings is 1. The third kappa shape index (κ3) is 3.08. The van der Waals surface area contributed by atoms with Gasteiger partial charge in [-0.15, -0.1) is 0 Å². The minimum absolute atomic E-state index is 0.224. The fraction of sp³-hybridized carbons (Fsp3) is 0.143. The van der Waals surface area contributed by atoms with Crippen LogP contribution >= 0.6 is 23.2 Å². The normalized spacial score (nSPS) is 10.4. The second-order valence-electron chi connectivity index (χ2n) is 4.30. The zero-order valence-electron chi connectivity index (χ0n) is 10.8. The molecular weight excluding hydrogens is 302 g/mol. The van der Waals surface area contributed by atoms with E-state index in [9.17, 15) is 9.18 Å². The van der Waals surface area contributed by atoms with Crippen molar-refractivity contribution < 1.29 is 9.18 Å². The van der Waals surface area contributed by atoms with Crippen LogP contribution in [0.2, 0.25) is 10.0 Å². The van der Waals surface area contributed by atoms with Gasteiger partial charge in [-0.25, -0.2) is 9.37 Å². The second kappa shape index (κ2) is 5.77. The van der Waals surface area contributed by atoms with E-state index < -0.39 is 11.7 Å². The van der Waals surface area contributed by atoms with Gasteiger partial charge in [0.1, 0.15) is 5.82 Å². The second-order valence-corrected chi connectivity index (χ2v) is 5.11. The third-order valence-corrected chi connectivity index (χ3v) is 3.44. The van der Waals surface area contributed by atoms with Crippen LogP contribution in [-0.4, -0.2) is 10.9 Å². The molecule has 0 aliphatic carbocycles. The molecule has 2 rings (SSSR count). The number of hydrogen-bond donors (Lipinski definition) is 1. The Bertz CT molecular complexity index is 689. The minimum atomic E-state index is -0.404. The maximum absolute atomic E-state index is 13.0. The van der Waals surface area contributed by atoms with Crippen LogP contribution in [0.25, 0.3) is 0 Å². The molecule has 0 saturated carbocycles. The zero-order chi connectivity index (χ0) is 14.9. The number of rotatable bonds is 2. The van der Waals surface area contributed by atoms with E-state index >= 15 is 0 Å². The van der Waals surface area contributed by atoms with Gasteiger partial charge in [-0.05, 0) is 43.7 Å². The Morgan fingerprint density at radius 2 is 1.90 bits per heavy atom. The highest BCUT2D eigenvalue weighted by Crippen LogP contribution is 2.26. The molecule has 6 heteroatoms. The average molecular weight is 313 g/mol. The number of carbonyl (C=O) groups excluding carboxylic acids is 1. The summed E-state index contributed by atoms with van der Waals surface area (Å²) in [5.41, 5.74) is 1.45. The molecule has 0 bridgehead atoms. The summed E-state index contributed by atoms with van der Waals surface area (Å²) in [7, 11) is 0. The summed E-state index contributed by atoms with van der Waals surface area (Å²) in [4.78, 5) is 16.2. The molecule has 20 heavy (non-hydrogen) atoms. The lowest BCUT2D eigenvalue weighted by Gasteiger charge is -2.10. The van der Waals surface area contributed by atoms with Crippen LogP contribution in [0.1, 0.15) is 21.6 Å². The first-order valence-corrected chi connectivity index (χ1v) is 6.54. The van der Waals surface area contributed by atoms with Crippen LogP contribution in [0.15, 0.2) is 24.3 Å². The molecule has 0 spiro atoms. The molecule has 1 aromatic carbocycles. The van der Waals surface area contributed by atoms with Crippen molar-refractivity contribution >= 4 is 34.9 Å². The molecule has 1 aromatic heterocycles. The largest absolute Gasteiger partial charge is 0.305 e. The molecule has 104 valence electrons. The highest BCUT2D eigenvalue weighted by molar-refractivity contribution is 6.36. The Balaban J connectivity index is 2.30. The number of benzene rings is 1. The number of amides is 1. The van der Waals surface area contributed by atoms with Gasteiger partial charge < -0.3 is 5.32 Å². The molecular formula is C14H11Cl2FN2O. The minimum Gasteiger partial charge on any atom is -0.305 e. The van der Waals surface area contributed by atoms with E-state index in [4.69, 9.17) is 23.2 Å². The van der Waals surface area contributed by atoms with Gasteiger partial charge in [-0.1, -0.05) is 23.2 Å². The van der Waals surface area contributed by atoms with E-state index in [1.807, 2.05) is 0 Å². The highest BCUT2D eigenvalue weighted by Gasteiger charge is 2.13. The van der Waals surface area contributed by atoms with E-state index in [-0.39, 0.29) is 10.8 Å². The Hall–Kier alpha value is -1.65. The van der Waals surface area contributed by atoms with Crippen molar-refractivity contribution in [3.05, 3.63) is 56.9 Å². The van der Waals surface area contributed by atoms with Crippen LogP contribution in [0.3, 0.4) is 0 Å². The molecule has 3 nitrogen and oxygen atoms in total. The predicted octanol–water partition coefficient (Wildman–Crippen LogP) is 4.40. The van der Waals surface area contributed by atoms with Gasteiger partial charge in [-0.3, -0.25) is 4.79 Å². The SMILES string of the molecule is Cc1cc(F)ccc1C(=O)Nc1nc(C)c(Cl)cc1Cl. The highest BCUT2D eigenvalue weighted by atomic mass is 35.5. The Morgan fingerprint density at radius 3 is 2.55 bits per heavy atom. The van der Waals surface area contributed by atoms with Crippen molar-refractivity contribution in [2.24, 2.45) is 0 Å². The van der Waals surface area contributed by atoms with Gasteiger partial charge in [0.05, 0.1) is 15.7 Å². The van der Waals surface area contributed by atoms with E-state index in [0.717, 1.165) is 0 Å². The summed E-state index contributed by atoms with van der Waals surface area (Å²) >= 11 is 11.9. The number of hydrogen-bond acceptors (Lipinski definition) is 2. The molecule has 1 amide bonds. The van der Waals surface area contributed by atoms with Crippen LogP contribution in [-0.2, 0) is 0 Å². The predicted molar refractivity (Wildman–Crippen MR) is 78.1 cm³/mol. The fourth-order valence-electron chi connectivity index (χ4n) is 1.70. The van der Waals surface area contributed by atoms with E-state index in [2.05, 4.69) is 10.3 Å². The van der Waals surface area contributed by atoms with Crippen molar-refractivity contribution in [3.8, 4) is 0 Å². The molecule has 0 radical (unpaired) electrons. The average Bonchev–Trinajstić information content (AvgIpc) is 2.35. The molecule has 0 unspecified atom stereocenters. The van der Waals surface area contributed by atoms with E-state index in [1.165, 1.54) is 24.3 Å². The van der Waals surface area contributed by atoms with Crippen molar-refractivity contribution in [3.63, 3.8) is 0 Å². The van der Waals surface area contributed by atoms with E-state index in [1.54, 1.807) is 13.8 Å². The number of anilines is 1. The lowest BCUT2D eigenvalue weighted by atomic mass is 10.1. The quantitative estimate of drug-likeness (QED) is 0.893. The molecule has 0 atom stereocenters. The van der Waals surface area contributed by atoms with Crippen molar-refractivity contribution in [1.29, 1.82) is 0 Å². The summed E-state index contributed by atoms with van der Waals surface area (Å²) in [5, 5.41) is 3.26. The van der Waals surface area contributed by atoms with Gasteiger partial charge in [0.15, 0.2) is 5.82 Å². The first-order chi connectivity index (χ1) is 9.38. The lowest BCUT2D eigenvalue weighted by molar-refractivity contribution is 0.102. The molecule has 1 heterocycles. The Labute approximate surface area is 125 Å². The van der Waals surface area contributed by atoms with Crippen molar-refractivity contribution in [1.82, 2.24) is 4.98 Å². The first-order valence-electron chi connectivity index (χ1n) is 5.78. The van der Waals surface area contributed by atoms with Crippen molar-refractivity contribution in [2.45, 2.75) is 13.8 Å². The summed E-state index contributed by atoms with van der Waals surface area (Å²) in [5.74, 6) is -0.571. The molecule has 0 aliphatic rings. The zero-order valence-corrected chi connectivity index (χ0v) is 12.3. The summed E-state index contributed by atoms with van der Waals surface area (Å²) < 4.78 is 13.0. The summed E-state index contributed by atoms with van der Waals surface area (Å²) in [6.45, 7) is 3.36. The molecule has 2 aromatic rings. The van der Waals surface area contributed by atoms with Crippen LogP contribution < -0.4 is 5.32 Å². The third-order valence-electron chi connectivity index (χ3n) is 2.77. The van der Waals surface area contributed by atoms with Crippen LogP contribution in [0, 0.1) is 19.7 Å². The molecule has 0 aliphatic heterocycles. The smallest absolute Gasteiger partial charge is 0.257 e. The standard InChI is InChI=1S/C14H11Cl2FN2O/c1-7-5-9(17)3-4-10(7)14(20)19-13-12(16)6-11(15)8(2)18-13/h3-6H,1-2H3,(H,18,19,20). The van der Waals surface area contributed by atoms with Crippen molar-refractivity contribution in [2.75, 3.05) is 5.32 Å². The number of aryl methyl sites for hydroxylation is 2. The lowest BCUT2D eigenvalue weighted by Crippen LogP contribution is -2.15. The Morgan fingerprint density at radius 1 is 1.20 bits per heavy atom. The topological polar surface area (TPSA) is 42.0 Å². The van der Waals surface area contributed by atoms with Gasteiger partial charge in [0, 0.05) is 5.56 Å². The number of carbonyl (C=O) groups is 1.